The van der Waals surface area contributed by atoms with Crippen molar-refractivity contribution < 1.29 is 23.8 Å². The van der Waals surface area contributed by atoms with E-state index in [9.17, 15) is 9.59 Å². The van der Waals surface area contributed by atoms with Gasteiger partial charge in [0.2, 0.25) is 5.91 Å². The Kier molecular flexibility index (Phi) is 7.26. The Labute approximate surface area is 172 Å². The monoisotopic (exact) mass is 399 g/mol. The van der Waals surface area contributed by atoms with Gasteiger partial charge in [0.05, 0.1) is 13.0 Å². The number of benzene rings is 2. The maximum Gasteiger partial charge on any atom is 0.509 e. The van der Waals surface area contributed by atoms with Gasteiger partial charge in [0.1, 0.15) is 17.5 Å². The maximum atomic E-state index is 12.9. The van der Waals surface area contributed by atoms with Crippen LogP contribution in [-0.2, 0) is 14.3 Å². The fraction of sp³-hybridized carbons (Fsp3) is 0.391. The van der Waals surface area contributed by atoms with Crippen LogP contribution in [0.15, 0.2) is 48.5 Å². The molecule has 2 aromatic rings. The van der Waals surface area contributed by atoms with Gasteiger partial charge in [-0.3, -0.25) is 4.79 Å². The summed E-state index contributed by atoms with van der Waals surface area (Å²) in [6, 6.07) is 14.5. The van der Waals surface area contributed by atoms with Crippen LogP contribution in [0, 0.1) is 12.8 Å². The first kappa shape index (κ1) is 22.3. The number of hydrogen-bond acceptors (Lipinski definition) is 5. The Morgan fingerprint density at radius 2 is 1.62 bits per heavy atom. The van der Waals surface area contributed by atoms with Crippen LogP contribution in [0.4, 0.5) is 10.5 Å². The van der Waals surface area contributed by atoms with Gasteiger partial charge in [-0.15, -0.1) is 0 Å². The number of rotatable bonds is 6. The average Bonchev–Trinajstić information content (AvgIpc) is 2.65. The minimum Gasteiger partial charge on any atom is -0.497 e. The van der Waals surface area contributed by atoms with Crippen LogP contribution in [0.3, 0.4) is 0 Å². The second kappa shape index (κ2) is 9.45. The molecule has 2 atom stereocenters. The summed E-state index contributed by atoms with van der Waals surface area (Å²) < 4.78 is 16.0. The minimum absolute atomic E-state index is 0.271. The van der Waals surface area contributed by atoms with Crippen LogP contribution < -0.4 is 10.1 Å². The second-order valence-corrected chi connectivity index (χ2v) is 7.87. The van der Waals surface area contributed by atoms with Crippen LogP contribution in [0.5, 0.6) is 5.75 Å². The number of amides is 1. The molecule has 0 aromatic heterocycles. The molecule has 0 aliphatic heterocycles. The summed E-state index contributed by atoms with van der Waals surface area (Å²) >= 11 is 0. The number of ether oxygens (including phenoxy) is 3. The van der Waals surface area contributed by atoms with Gasteiger partial charge in [0.25, 0.3) is 0 Å². The summed E-state index contributed by atoms with van der Waals surface area (Å²) in [6.07, 6.45) is -1.60. The van der Waals surface area contributed by atoms with Crippen molar-refractivity contribution in [3.63, 3.8) is 0 Å². The predicted molar refractivity (Wildman–Crippen MR) is 112 cm³/mol. The van der Waals surface area contributed by atoms with Gasteiger partial charge in [0.15, 0.2) is 0 Å². The van der Waals surface area contributed by atoms with E-state index in [1.165, 1.54) is 0 Å². The van der Waals surface area contributed by atoms with E-state index in [0.717, 1.165) is 11.1 Å². The zero-order chi connectivity index (χ0) is 21.6. The van der Waals surface area contributed by atoms with E-state index >= 15 is 0 Å². The van der Waals surface area contributed by atoms with E-state index < -0.39 is 23.8 Å². The van der Waals surface area contributed by atoms with E-state index in [4.69, 9.17) is 14.2 Å². The van der Waals surface area contributed by atoms with E-state index in [-0.39, 0.29) is 5.91 Å². The molecule has 2 rings (SSSR count). The van der Waals surface area contributed by atoms with Crippen molar-refractivity contribution in [1.29, 1.82) is 0 Å². The molecule has 0 saturated carbocycles. The van der Waals surface area contributed by atoms with Crippen molar-refractivity contribution in [1.82, 2.24) is 0 Å². The second-order valence-electron chi connectivity index (χ2n) is 7.87. The summed E-state index contributed by atoms with van der Waals surface area (Å²) in [7, 11) is 1.58. The minimum atomic E-state index is -0.810. The van der Waals surface area contributed by atoms with Crippen molar-refractivity contribution in [2.24, 2.45) is 5.92 Å². The molecule has 156 valence electrons. The van der Waals surface area contributed by atoms with E-state index in [1.807, 2.05) is 31.2 Å². The van der Waals surface area contributed by atoms with E-state index in [0.29, 0.717) is 11.4 Å². The number of anilines is 1. The highest BCUT2D eigenvalue weighted by Crippen LogP contribution is 2.31. The molecule has 0 saturated heterocycles. The first-order chi connectivity index (χ1) is 13.6. The molecule has 1 amide bonds. The lowest BCUT2D eigenvalue weighted by Crippen LogP contribution is -2.31. The predicted octanol–water partition coefficient (Wildman–Crippen LogP) is 5.27. The fourth-order valence-electron chi connectivity index (χ4n) is 2.79. The van der Waals surface area contributed by atoms with Gasteiger partial charge in [-0.2, -0.15) is 0 Å². The summed E-state index contributed by atoms with van der Waals surface area (Å²) in [5, 5.41) is 2.86. The van der Waals surface area contributed by atoms with Gasteiger partial charge >= 0.3 is 6.16 Å². The molecule has 0 radical (unpaired) electrons. The largest absolute Gasteiger partial charge is 0.509 e. The molecule has 0 aliphatic carbocycles. The van der Waals surface area contributed by atoms with Crippen molar-refractivity contribution in [3.05, 3.63) is 59.7 Å². The molecular weight excluding hydrogens is 370 g/mol. The van der Waals surface area contributed by atoms with Crippen LogP contribution >= 0.6 is 0 Å². The lowest BCUT2D eigenvalue weighted by atomic mass is 9.93. The summed E-state index contributed by atoms with van der Waals surface area (Å²) in [5.41, 5.74) is 1.62. The van der Waals surface area contributed by atoms with Crippen molar-refractivity contribution in [3.8, 4) is 5.75 Å². The Balaban J connectivity index is 2.22. The topological polar surface area (TPSA) is 73.9 Å². The van der Waals surface area contributed by atoms with Crippen LogP contribution in [0.2, 0.25) is 0 Å². The number of nitrogens with one attached hydrogen (secondary N) is 1. The fourth-order valence-corrected chi connectivity index (χ4v) is 2.79. The average molecular weight is 399 g/mol. The quantitative estimate of drug-likeness (QED) is 0.670. The third-order valence-corrected chi connectivity index (χ3v) is 4.33. The van der Waals surface area contributed by atoms with E-state index in [2.05, 4.69) is 5.32 Å². The molecule has 6 heteroatoms. The molecule has 0 heterocycles. The summed E-state index contributed by atoms with van der Waals surface area (Å²) in [5.74, 6) is -0.222. The Morgan fingerprint density at radius 3 is 2.17 bits per heavy atom. The Bertz CT molecular complexity index is 839. The van der Waals surface area contributed by atoms with Gasteiger partial charge in [-0.25, -0.2) is 4.79 Å². The first-order valence-corrected chi connectivity index (χ1v) is 9.51. The lowest BCUT2D eigenvalue weighted by Gasteiger charge is -2.27. The smallest absolute Gasteiger partial charge is 0.497 e. The number of carbonyl (C=O) groups excluding carboxylic acids is 2. The number of aryl methyl sites for hydroxylation is 1. The highest BCUT2D eigenvalue weighted by molar-refractivity contribution is 5.93. The zero-order valence-corrected chi connectivity index (χ0v) is 17.8. The summed E-state index contributed by atoms with van der Waals surface area (Å²) in [4.78, 5) is 25.2. The maximum absolute atomic E-state index is 12.9. The van der Waals surface area contributed by atoms with E-state index in [1.54, 1.807) is 59.1 Å². The highest BCUT2D eigenvalue weighted by atomic mass is 16.7. The highest BCUT2D eigenvalue weighted by Gasteiger charge is 2.32. The molecule has 0 spiro atoms. The molecule has 0 bridgehead atoms. The van der Waals surface area contributed by atoms with Gasteiger partial charge < -0.3 is 19.5 Å². The van der Waals surface area contributed by atoms with Crippen LogP contribution in [0.25, 0.3) is 0 Å². The summed E-state index contributed by atoms with van der Waals surface area (Å²) in [6.45, 7) is 8.92. The lowest BCUT2D eigenvalue weighted by molar-refractivity contribution is -0.124. The SMILES string of the molecule is COc1ccc(NC(=O)[C@H](C)[C@@H](OC(=O)OC(C)(C)C)c2ccccc2C)cc1. The number of hydrogen-bond donors (Lipinski definition) is 1. The zero-order valence-electron chi connectivity index (χ0n) is 17.8. The van der Waals surface area contributed by atoms with Crippen molar-refractivity contribution in [2.75, 3.05) is 12.4 Å². The first-order valence-electron chi connectivity index (χ1n) is 9.51. The Morgan fingerprint density at radius 1 is 1.00 bits per heavy atom. The molecule has 1 N–H and O–H groups in total. The van der Waals surface area contributed by atoms with Gasteiger partial charge in [-0.05, 0) is 70.0 Å². The van der Waals surface area contributed by atoms with Crippen molar-refractivity contribution in [2.45, 2.75) is 46.3 Å². The normalized spacial score (nSPS) is 13.2. The third kappa shape index (κ3) is 6.52. The third-order valence-electron chi connectivity index (χ3n) is 4.33. The van der Waals surface area contributed by atoms with Crippen molar-refractivity contribution >= 4 is 17.7 Å². The number of carbonyl (C=O) groups is 2. The molecule has 6 nitrogen and oxygen atoms in total. The van der Waals surface area contributed by atoms with Gasteiger partial charge in [-0.1, -0.05) is 24.3 Å². The molecule has 29 heavy (non-hydrogen) atoms. The molecule has 2 aromatic carbocycles. The molecule has 0 unspecified atom stereocenters. The Hall–Kier alpha value is -3.02. The van der Waals surface area contributed by atoms with Gasteiger partial charge in [0, 0.05) is 5.69 Å². The molecular formula is C23H29NO5. The molecule has 0 fully saturated rings. The number of methoxy groups -OCH3 is 1. The molecule has 0 aliphatic rings. The van der Waals surface area contributed by atoms with Crippen LogP contribution in [-0.4, -0.2) is 24.8 Å². The van der Waals surface area contributed by atoms with Crippen LogP contribution in [0.1, 0.15) is 44.9 Å². The standard InChI is InChI=1S/C23H29NO5/c1-15-9-7-8-10-19(15)20(28-22(26)29-23(3,4)5)16(2)21(25)24-17-11-13-18(27-6)14-12-17/h7-14,16,20H,1-6H3,(H,24,25)/t16-,20-/m1/s1.